The van der Waals surface area contributed by atoms with E-state index in [0.29, 0.717) is 0 Å². The van der Waals surface area contributed by atoms with Crippen molar-refractivity contribution in [3.8, 4) is 17.2 Å². The molecule has 6 nitrogen and oxygen atoms in total. The van der Waals surface area contributed by atoms with E-state index in [1.54, 1.807) is 0 Å². The van der Waals surface area contributed by atoms with E-state index in [2.05, 4.69) is 9.32 Å². The number of rotatable bonds is 3. The van der Waals surface area contributed by atoms with E-state index in [0.717, 1.165) is 6.07 Å². The van der Waals surface area contributed by atoms with E-state index >= 15 is 0 Å². The highest BCUT2D eigenvalue weighted by atomic mass is 32.2. The fraction of sp³-hybridized carbons (Fsp3) is 0.143. The van der Waals surface area contributed by atoms with Crippen LogP contribution in [0.4, 0.5) is 0 Å². The van der Waals surface area contributed by atoms with Crippen LogP contribution in [0, 0.1) is 0 Å². The second kappa shape index (κ2) is 3.72. The molecule has 0 aliphatic rings. The van der Waals surface area contributed by atoms with Crippen LogP contribution in [0.15, 0.2) is 18.2 Å². The molecule has 0 saturated heterocycles. The zero-order valence-corrected chi connectivity index (χ0v) is 8.11. The summed E-state index contributed by atoms with van der Waals surface area (Å²) in [6.07, 6.45) is 0. The first-order chi connectivity index (χ1) is 6.42. The number of benzene rings is 1. The van der Waals surface area contributed by atoms with Crippen molar-refractivity contribution in [1.82, 2.24) is 0 Å². The first-order valence-electron chi connectivity index (χ1n) is 3.51. The minimum Gasteiger partial charge on any atom is -0.504 e. The largest absolute Gasteiger partial charge is 0.504 e. The lowest BCUT2D eigenvalue weighted by Crippen LogP contribution is -2.18. The average Bonchev–Trinajstić information content (AvgIpc) is 2.01. The van der Waals surface area contributed by atoms with Crippen molar-refractivity contribution >= 4 is 10.3 Å². The van der Waals surface area contributed by atoms with Crippen LogP contribution in [0.3, 0.4) is 0 Å². The van der Waals surface area contributed by atoms with Gasteiger partial charge in [-0.05, 0) is 12.1 Å². The number of hydrogen-bond donors (Lipinski definition) is 2. The molecule has 0 aliphatic carbocycles. The Balaban J connectivity index is 2.98. The molecule has 0 fully saturated rings. The summed E-state index contributed by atoms with van der Waals surface area (Å²) < 4.78 is 30.1. The van der Waals surface area contributed by atoms with Crippen LogP contribution in [0.1, 0.15) is 0 Å². The van der Waals surface area contributed by atoms with Gasteiger partial charge >= 0.3 is 10.3 Å². The summed E-state index contributed by atoms with van der Waals surface area (Å²) in [4.78, 5) is 0. The maximum absolute atomic E-state index is 10.5. The highest BCUT2D eigenvalue weighted by Crippen LogP contribution is 2.29. The van der Waals surface area contributed by atoms with Crippen LogP contribution in [-0.2, 0) is 10.3 Å². The van der Waals surface area contributed by atoms with Crippen molar-refractivity contribution in [2.45, 2.75) is 0 Å². The Kier molecular flexibility index (Phi) is 2.82. The third-order valence-electron chi connectivity index (χ3n) is 1.36. The molecule has 1 rings (SSSR count). The molecule has 0 saturated carbocycles. The number of methoxy groups -OCH3 is 1. The lowest BCUT2D eigenvalue weighted by atomic mass is 10.3. The SMILES string of the molecule is COc1ccc(OS(N)(=O)=O)cc1O. The molecule has 0 unspecified atom stereocenters. The number of nitrogens with two attached hydrogens (primary N) is 1. The molecule has 0 atom stereocenters. The maximum atomic E-state index is 10.5. The van der Waals surface area contributed by atoms with Gasteiger partial charge in [0.15, 0.2) is 11.5 Å². The average molecular weight is 219 g/mol. The molecule has 0 heterocycles. The lowest BCUT2D eigenvalue weighted by Gasteiger charge is -2.05. The Labute approximate surface area is 81.1 Å². The van der Waals surface area contributed by atoms with Gasteiger partial charge in [0.05, 0.1) is 7.11 Å². The standard InChI is InChI=1S/C7H9NO5S/c1-12-7-3-2-5(4-6(7)9)13-14(8,10)11/h2-4,9H,1H3,(H2,8,10,11). The van der Waals surface area contributed by atoms with Crippen LogP contribution >= 0.6 is 0 Å². The first kappa shape index (κ1) is 10.6. The zero-order chi connectivity index (χ0) is 10.8. The van der Waals surface area contributed by atoms with Crippen LogP contribution < -0.4 is 14.1 Å². The number of aromatic hydroxyl groups is 1. The number of hydrogen-bond acceptors (Lipinski definition) is 5. The summed E-state index contributed by atoms with van der Waals surface area (Å²) >= 11 is 0. The molecular weight excluding hydrogens is 210 g/mol. The molecule has 0 aliphatic heterocycles. The van der Waals surface area contributed by atoms with Crippen molar-refractivity contribution in [1.29, 1.82) is 0 Å². The third-order valence-corrected chi connectivity index (χ3v) is 1.79. The summed E-state index contributed by atoms with van der Waals surface area (Å²) in [6, 6.07) is 3.75. The summed E-state index contributed by atoms with van der Waals surface area (Å²) in [5.41, 5.74) is 0. The predicted molar refractivity (Wildman–Crippen MR) is 48.4 cm³/mol. The molecule has 0 bridgehead atoms. The highest BCUT2D eigenvalue weighted by molar-refractivity contribution is 7.84. The van der Waals surface area contributed by atoms with E-state index in [1.165, 1.54) is 19.2 Å². The number of phenols is 1. The van der Waals surface area contributed by atoms with Gasteiger partial charge in [0, 0.05) is 6.07 Å². The van der Waals surface area contributed by atoms with Gasteiger partial charge in [0.1, 0.15) is 5.75 Å². The fourth-order valence-corrected chi connectivity index (χ4v) is 1.23. The zero-order valence-electron chi connectivity index (χ0n) is 7.30. The first-order valence-corrected chi connectivity index (χ1v) is 4.99. The smallest absolute Gasteiger partial charge is 0.380 e. The number of phenolic OH excluding ortho intramolecular Hbond substituents is 1. The minimum absolute atomic E-state index is 0.0780. The molecule has 3 N–H and O–H groups in total. The van der Waals surface area contributed by atoms with E-state index in [1.807, 2.05) is 0 Å². The quantitative estimate of drug-likeness (QED) is 0.744. The lowest BCUT2D eigenvalue weighted by molar-refractivity contribution is 0.371. The molecule has 14 heavy (non-hydrogen) atoms. The molecular formula is C7H9NO5S. The molecule has 0 spiro atoms. The molecule has 0 radical (unpaired) electrons. The predicted octanol–water partition coefficient (Wildman–Crippen LogP) is -0.0169. The normalized spacial score (nSPS) is 11.0. The molecule has 0 aromatic heterocycles. The minimum atomic E-state index is -4.07. The van der Waals surface area contributed by atoms with Gasteiger partial charge in [-0.3, -0.25) is 0 Å². The van der Waals surface area contributed by atoms with E-state index in [4.69, 9.17) is 4.74 Å². The number of ether oxygens (including phenoxy) is 1. The van der Waals surface area contributed by atoms with E-state index < -0.39 is 10.3 Å². The van der Waals surface area contributed by atoms with E-state index in [9.17, 15) is 13.5 Å². The molecule has 78 valence electrons. The second-order valence-electron chi connectivity index (χ2n) is 2.41. The highest BCUT2D eigenvalue weighted by Gasteiger charge is 2.08. The fourth-order valence-electron chi connectivity index (χ4n) is 0.856. The van der Waals surface area contributed by atoms with Crippen molar-refractivity contribution in [2.75, 3.05) is 7.11 Å². The van der Waals surface area contributed by atoms with Crippen LogP contribution in [0.5, 0.6) is 17.2 Å². The van der Waals surface area contributed by atoms with Gasteiger partial charge in [-0.2, -0.15) is 13.6 Å². The Bertz CT molecular complexity index is 428. The van der Waals surface area contributed by atoms with Gasteiger partial charge in [0.2, 0.25) is 0 Å². The van der Waals surface area contributed by atoms with Crippen LogP contribution in [0.2, 0.25) is 0 Å². The molecule has 7 heteroatoms. The van der Waals surface area contributed by atoms with Crippen LogP contribution in [-0.4, -0.2) is 20.6 Å². The van der Waals surface area contributed by atoms with Gasteiger partial charge < -0.3 is 14.0 Å². The van der Waals surface area contributed by atoms with Crippen LogP contribution in [0.25, 0.3) is 0 Å². The molecule has 1 aromatic rings. The third kappa shape index (κ3) is 2.79. The summed E-state index contributed by atoms with van der Waals surface area (Å²) in [6.45, 7) is 0. The van der Waals surface area contributed by atoms with E-state index in [-0.39, 0.29) is 17.2 Å². The van der Waals surface area contributed by atoms with Crippen molar-refractivity contribution in [2.24, 2.45) is 5.14 Å². The van der Waals surface area contributed by atoms with Gasteiger partial charge in [0.25, 0.3) is 0 Å². The Morgan fingerprint density at radius 3 is 2.50 bits per heavy atom. The summed E-state index contributed by atoms with van der Waals surface area (Å²) in [5, 5.41) is 13.9. The van der Waals surface area contributed by atoms with Crippen molar-refractivity contribution in [3.63, 3.8) is 0 Å². The monoisotopic (exact) mass is 219 g/mol. The molecule has 1 aromatic carbocycles. The Morgan fingerprint density at radius 2 is 2.07 bits per heavy atom. The van der Waals surface area contributed by atoms with Crippen molar-refractivity contribution in [3.05, 3.63) is 18.2 Å². The summed E-state index contributed by atoms with van der Waals surface area (Å²) in [7, 11) is -2.70. The second-order valence-corrected chi connectivity index (χ2v) is 3.56. The Morgan fingerprint density at radius 1 is 1.43 bits per heavy atom. The maximum Gasteiger partial charge on any atom is 0.380 e. The summed E-state index contributed by atoms with van der Waals surface area (Å²) in [5.74, 6) is -0.0915. The van der Waals surface area contributed by atoms with Gasteiger partial charge in [-0.1, -0.05) is 0 Å². The van der Waals surface area contributed by atoms with Gasteiger partial charge in [-0.15, -0.1) is 0 Å². The molecule has 0 amide bonds. The topological polar surface area (TPSA) is 98.9 Å². The van der Waals surface area contributed by atoms with Crippen molar-refractivity contribution < 1.29 is 22.4 Å². The Hall–Kier alpha value is -1.47. The van der Waals surface area contributed by atoms with Gasteiger partial charge in [-0.25, -0.2) is 0 Å².